The van der Waals surface area contributed by atoms with Gasteiger partial charge < -0.3 is 14.7 Å². The molecule has 1 aromatic heterocycles. The lowest BCUT2D eigenvalue weighted by Gasteiger charge is -2.09. The molecular weight excluding hydrogens is 206 g/mol. The van der Waals surface area contributed by atoms with E-state index in [2.05, 4.69) is 0 Å². The lowest BCUT2D eigenvalue weighted by atomic mass is 10.3. The second-order valence-corrected chi connectivity index (χ2v) is 3.51. The minimum atomic E-state index is -0.529. The first kappa shape index (κ1) is 9.03. The predicted molar refractivity (Wildman–Crippen MR) is 55.8 cm³/mol. The van der Waals surface area contributed by atoms with Gasteiger partial charge in [-0.15, -0.1) is 0 Å². The quantitative estimate of drug-likeness (QED) is 0.538. The molecule has 1 aliphatic heterocycles. The summed E-state index contributed by atoms with van der Waals surface area (Å²) in [6, 6.07) is 10.9. The molecule has 0 N–H and O–H groups in total. The van der Waals surface area contributed by atoms with Crippen LogP contribution in [0.15, 0.2) is 48.8 Å². The first-order valence-corrected chi connectivity index (χ1v) is 4.94. The van der Waals surface area contributed by atoms with Gasteiger partial charge in [0.1, 0.15) is 0 Å². The fraction of sp³-hybridized carbons (Fsp3) is 0.0833. The Hall–Kier alpha value is -2.23. The van der Waals surface area contributed by atoms with E-state index in [1.807, 2.05) is 24.3 Å². The molecule has 16 heavy (non-hydrogen) atoms. The third kappa shape index (κ3) is 1.44. The van der Waals surface area contributed by atoms with Gasteiger partial charge >= 0.3 is 0 Å². The Morgan fingerprint density at radius 2 is 1.69 bits per heavy atom. The number of rotatable bonds is 1. The molecule has 1 aromatic carbocycles. The molecule has 3 rings (SSSR count). The van der Waals surface area contributed by atoms with E-state index >= 15 is 0 Å². The third-order valence-electron chi connectivity index (χ3n) is 2.39. The number of fused-ring (bicyclic) bond motifs is 1. The first-order chi connectivity index (χ1) is 7.83. The summed E-state index contributed by atoms with van der Waals surface area (Å²) in [6.45, 7) is 0. The van der Waals surface area contributed by atoms with Gasteiger partial charge in [-0.2, -0.15) is 4.73 Å². The second-order valence-electron chi connectivity index (χ2n) is 3.51. The molecule has 0 saturated heterocycles. The van der Waals surface area contributed by atoms with Crippen LogP contribution in [-0.4, -0.2) is 0 Å². The highest BCUT2D eigenvalue weighted by Crippen LogP contribution is 2.39. The Bertz CT molecular complexity index is 502. The third-order valence-corrected chi connectivity index (χ3v) is 2.39. The number of para-hydroxylation sites is 2. The number of nitrogens with zero attached hydrogens (tertiary/aromatic N) is 1. The summed E-state index contributed by atoms with van der Waals surface area (Å²) in [6.07, 6.45) is 2.33. The van der Waals surface area contributed by atoms with Gasteiger partial charge in [0.2, 0.25) is 0 Å². The molecule has 1 aliphatic rings. The fourth-order valence-electron chi connectivity index (χ4n) is 1.65. The number of hydrogen-bond acceptors (Lipinski definition) is 3. The smallest absolute Gasteiger partial charge is 0.273 e. The van der Waals surface area contributed by atoms with E-state index in [0.29, 0.717) is 17.1 Å². The summed E-state index contributed by atoms with van der Waals surface area (Å²) in [5, 5.41) is 11.1. The van der Waals surface area contributed by atoms with Gasteiger partial charge in [-0.25, -0.2) is 0 Å². The predicted octanol–water partition coefficient (Wildman–Crippen LogP) is 1.79. The van der Waals surface area contributed by atoms with Crippen molar-refractivity contribution in [1.82, 2.24) is 0 Å². The Morgan fingerprint density at radius 1 is 1.00 bits per heavy atom. The van der Waals surface area contributed by atoms with Crippen LogP contribution in [0.3, 0.4) is 0 Å². The number of ether oxygens (including phenoxy) is 2. The van der Waals surface area contributed by atoms with Crippen molar-refractivity contribution >= 4 is 0 Å². The van der Waals surface area contributed by atoms with Crippen molar-refractivity contribution in [2.75, 3.05) is 0 Å². The maximum atomic E-state index is 11.1. The van der Waals surface area contributed by atoms with Crippen LogP contribution in [0.4, 0.5) is 0 Å². The molecule has 0 amide bonds. The topological polar surface area (TPSA) is 45.4 Å². The van der Waals surface area contributed by atoms with Crippen molar-refractivity contribution in [3.8, 4) is 11.5 Å². The molecule has 0 bridgehead atoms. The van der Waals surface area contributed by atoms with Crippen LogP contribution in [0.1, 0.15) is 11.9 Å². The number of benzene rings is 1. The summed E-state index contributed by atoms with van der Waals surface area (Å²) in [5.74, 6) is 1.41. The Kier molecular flexibility index (Phi) is 1.93. The maximum absolute atomic E-state index is 11.1. The maximum Gasteiger partial charge on any atom is 0.273 e. The molecule has 80 valence electrons. The largest absolute Gasteiger partial charge is 0.619 e. The van der Waals surface area contributed by atoms with Crippen LogP contribution in [0.5, 0.6) is 11.5 Å². The average molecular weight is 215 g/mol. The molecule has 4 heteroatoms. The molecule has 0 aliphatic carbocycles. The van der Waals surface area contributed by atoms with E-state index in [-0.39, 0.29) is 0 Å². The average Bonchev–Trinajstić information content (AvgIpc) is 2.72. The van der Waals surface area contributed by atoms with E-state index in [0.717, 1.165) is 4.73 Å². The fourth-order valence-corrected chi connectivity index (χ4v) is 1.65. The minimum absolute atomic E-state index is 0.529. The zero-order valence-corrected chi connectivity index (χ0v) is 8.37. The van der Waals surface area contributed by atoms with Crippen LogP contribution >= 0.6 is 0 Å². The first-order valence-electron chi connectivity index (χ1n) is 4.94. The highest BCUT2D eigenvalue weighted by Gasteiger charge is 2.26. The van der Waals surface area contributed by atoms with Crippen molar-refractivity contribution in [1.29, 1.82) is 0 Å². The van der Waals surface area contributed by atoms with Gasteiger partial charge in [-0.3, -0.25) is 0 Å². The summed E-state index contributed by atoms with van der Waals surface area (Å²) in [5.41, 5.74) is 0.703. The SMILES string of the molecule is [O-][n+]1cccc(C2Oc3ccccc3O2)c1. The standard InChI is InChI=1S/C12H9NO3/c14-13-7-3-4-9(8-13)12-15-10-5-1-2-6-11(10)16-12/h1-8,12H. The monoisotopic (exact) mass is 215 g/mol. The Balaban J connectivity index is 1.91. The summed E-state index contributed by atoms with van der Waals surface area (Å²) in [4.78, 5) is 0. The molecule has 4 nitrogen and oxygen atoms in total. The molecule has 0 atom stereocenters. The second kappa shape index (κ2) is 3.41. The number of pyridine rings is 1. The Morgan fingerprint density at radius 3 is 2.31 bits per heavy atom. The molecule has 0 radical (unpaired) electrons. The zero-order chi connectivity index (χ0) is 11.0. The normalized spacial score (nSPS) is 14.0. The van der Waals surface area contributed by atoms with Gasteiger partial charge in [0.15, 0.2) is 23.9 Å². The highest BCUT2D eigenvalue weighted by molar-refractivity contribution is 5.42. The molecule has 2 heterocycles. The molecule has 0 saturated carbocycles. The van der Waals surface area contributed by atoms with Gasteiger partial charge in [0, 0.05) is 6.07 Å². The van der Waals surface area contributed by atoms with Gasteiger partial charge in [-0.05, 0) is 18.2 Å². The van der Waals surface area contributed by atoms with Crippen LogP contribution in [0, 0.1) is 5.21 Å². The van der Waals surface area contributed by atoms with Gasteiger partial charge in [0.25, 0.3) is 6.29 Å². The van der Waals surface area contributed by atoms with Crippen LogP contribution in [-0.2, 0) is 0 Å². The molecule has 0 fully saturated rings. The van der Waals surface area contributed by atoms with Crippen molar-refractivity contribution in [2.45, 2.75) is 6.29 Å². The minimum Gasteiger partial charge on any atom is -0.619 e. The van der Waals surface area contributed by atoms with Crippen molar-refractivity contribution in [2.24, 2.45) is 0 Å². The molecule has 2 aromatic rings. The van der Waals surface area contributed by atoms with Crippen molar-refractivity contribution in [3.05, 3.63) is 59.6 Å². The van der Waals surface area contributed by atoms with Gasteiger partial charge in [0.05, 0.1) is 5.56 Å². The van der Waals surface area contributed by atoms with Gasteiger partial charge in [-0.1, -0.05) is 12.1 Å². The molecule has 0 unspecified atom stereocenters. The number of hydrogen-bond donors (Lipinski definition) is 0. The summed E-state index contributed by atoms with van der Waals surface area (Å²) >= 11 is 0. The Labute approximate surface area is 92.3 Å². The van der Waals surface area contributed by atoms with Crippen LogP contribution < -0.4 is 14.2 Å². The summed E-state index contributed by atoms with van der Waals surface area (Å²) in [7, 11) is 0. The van der Waals surface area contributed by atoms with E-state index in [9.17, 15) is 5.21 Å². The van der Waals surface area contributed by atoms with E-state index in [4.69, 9.17) is 9.47 Å². The lowest BCUT2D eigenvalue weighted by molar-refractivity contribution is -0.606. The van der Waals surface area contributed by atoms with E-state index in [1.54, 1.807) is 12.1 Å². The molecule has 0 spiro atoms. The van der Waals surface area contributed by atoms with Crippen LogP contribution in [0.2, 0.25) is 0 Å². The van der Waals surface area contributed by atoms with E-state index in [1.165, 1.54) is 12.4 Å². The number of aromatic nitrogens is 1. The van der Waals surface area contributed by atoms with E-state index < -0.39 is 6.29 Å². The van der Waals surface area contributed by atoms with Crippen LogP contribution in [0.25, 0.3) is 0 Å². The highest BCUT2D eigenvalue weighted by atomic mass is 16.7. The summed E-state index contributed by atoms with van der Waals surface area (Å²) < 4.78 is 11.9. The zero-order valence-electron chi connectivity index (χ0n) is 8.37. The van der Waals surface area contributed by atoms with Crippen molar-refractivity contribution < 1.29 is 14.2 Å². The molecular formula is C12H9NO3. The van der Waals surface area contributed by atoms with Crippen molar-refractivity contribution in [3.63, 3.8) is 0 Å². The lowest BCUT2D eigenvalue weighted by Crippen LogP contribution is -2.26.